The topological polar surface area (TPSA) is 111 Å². The largest absolute Gasteiger partial charge is 0.494 e. The van der Waals surface area contributed by atoms with Crippen LogP contribution in [0.4, 0.5) is 5.13 Å². The first-order valence-electron chi connectivity index (χ1n) is 7.70. The maximum absolute atomic E-state index is 11.8. The fourth-order valence-corrected chi connectivity index (χ4v) is 2.74. The number of nitrogens with one attached hydrogen (secondary N) is 1. The minimum Gasteiger partial charge on any atom is -0.494 e. The Labute approximate surface area is 149 Å². The number of primary amides is 1. The second kappa shape index (κ2) is 8.93. The quantitative estimate of drug-likeness (QED) is 0.525. The van der Waals surface area contributed by atoms with Gasteiger partial charge < -0.3 is 15.8 Å². The molecular formula is C17H19N3O4S. The van der Waals surface area contributed by atoms with Crippen LogP contribution in [0.1, 0.15) is 35.8 Å². The highest BCUT2D eigenvalue weighted by Gasteiger charge is 2.08. The number of aromatic nitrogens is 1. The van der Waals surface area contributed by atoms with E-state index in [-0.39, 0.29) is 24.5 Å². The van der Waals surface area contributed by atoms with Gasteiger partial charge in [0.25, 0.3) is 0 Å². The first kappa shape index (κ1) is 18.6. The van der Waals surface area contributed by atoms with Crippen LogP contribution in [0.5, 0.6) is 5.75 Å². The molecule has 132 valence electrons. The molecule has 1 heterocycles. The summed E-state index contributed by atoms with van der Waals surface area (Å²) in [5.41, 5.74) is 6.27. The molecule has 0 spiro atoms. The summed E-state index contributed by atoms with van der Waals surface area (Å²) in [4.78, 5) is 38.0. The zero-order chi connectivity index (χ0) is 18.2. The summed E-state index contributed by atoms with van der Waals surface area (Å²) in [5.74, 6) is 0.0259. The summed E-state index contributed by atoms with van der Waals surface area (Å²) < 4.78 is 5.53. The molecule has 1 aromatic heterocycles. The molecule has 2 amide bonds. The molecule has 0 bridgehead atoms. The van der Waals surface area contributed by atoms with Gasteiger partial charge in [-0.05, 0) is 37.6 Å². The summed E-state index contributed by atoms with van der Waals surface area (Å²) in [6.45, 7) is 1.89. The van der Waals surface area contributed by atoms with Crippen LogP contribution in [0.2, 0.25) is 0 Å². The number of ether oxygens (including phenoxy) is 1. The first-order chi connectivity index (χ1) is 11.9. The fourth-order valence-electron chi connectivity index (χ4n) is 2.01. The minimum atomic E-state index is -0.461. The van der Waals surface area contributed by atoms with Gasteiger partial charge in [-0.1, -0.05) is 0 Å². The lowest BCUT2D eigenvalue weighted by atomic mass is 10.1. The molecule has 0 fully saturated rings. The van der Waals surface area contributed by atoms with Crippen molar-refractivity contribution in [3.05, 3.63) is 40.9 Å². The molecule has 0 saturated heterocycles. The highest BCUT2D eigenvalue weighted by molar-refractivity contribution is 7.13. The van der Waals surface area contributed by atoms with Crippen molar-refractivity contribution in [1.29, 1.82) is 0 Å². The average Bonchev–Trinajstić information content (AvgIpc) is 2.98. The number of benzene rings is 1. The van der Waals surface area contributed by atoms with Crippen molar-refractivity contribution in [3.63, 3.8) is 0 Å². The van der Waals surface area contributed by atoms with Crippen molar-refractivity contribution in [2.45, 2.75) is 26.2 Å². The third kappa shape index (κ3) is 6.34. The van der Waals surface area contributed by atoms with E-state index in [1.54, 1.807) is 29.6 Å². The van der Waals surface area contributed by atoms with Gasteiger partial charge in [-0.15, -0.1) is 11.3 Å². The van der Waals surface area contributed by atoms with Crippen LogP contribution in [0.25, 0.3) is 0 Å². The number of hydrogen-bond donors (Lipinski definition) is 2. The lowest BCUT2D eigenvalue weighted by molar-refractivity contribution is -0.117. The second-order valence-electron chi connectivity index (χ2n) is 5.37. The molecule has 25 heavy (non-hydrogen) atoms. The van der Waals surface area contributed by atoms with E-state index in [0.29, 0.717) is 35.2 Å². The number of nitrogens with zero attached hydrogens (tertiary/aromatic N) is 1. The van der Waals surface area contributed by atoms with Gasteiger partial charge in [-0.3, -0.25) is 14.4 Å². The summed E-state index contributed by atoms with van der Waals surface area (Å²) in [6.07, 6.45) is 0.888. The number of amides is 2. The lowest BCUT2D eigenvalue weighted by Gasteiger charge is -2.06. The Balaban J connectivity index is 1.69. The van der Waals surface area contributed by atoms with E-state index >= 15 is 0 Å². The zero-order valence-corrected chi connectivity index (χ0v) is 14.6. The molecule has 3 N–H and O–H groups in total. The van der Waals surface area contributed by atoms with Crippen LogP contribution >= 0.6 is 11.3 Å². The molecule has 0 aliphatic carbocycles. The third-order valence-corrected chi connectivity index (χ3v) is 4.04. The van der Waals surface area contributed by atoms with Crippen LogP contribution in [0.15, 0.2) is 29.6 Å². The average molecular weight is 361 g/mol. The second-order valence-corrected chi connectivity index (χ2v) is 6.23. The zero-order valence-electron chi connectivity index (χ0n) is 13.8. The Morgan fingerprint density at radius 1 is 1.24 bits per heavy atom. The number of nitrogens with two attached hydrogens (primary N) is 1. The number of rotatable bonds is 9. The molecule has 1 aromatic carbocycles. The Morgan fingerprint density at radius 3 is 2.60 bits per heavy atom. The summed E-state index contributed by atoms with van der Waals surface area (Å²) in [6, 6.07) is 6.87. The molecule has 7 nitrogen and oxygen atoms in total. The van der Waals surface area contributed by atoms with Crippen molar-refractivity contribution in [2.24, 2.45) is 5.73 Å². The van der Waals surface area contributed by atoms with Crippen LogP contribution in [0, 0.1) is 0 Å². The van der Waals surface area contributed by atoms with E-state index in [4.69, 9.17) is 10.5 Å². The van der Waals surface area contributed by atoms with Crippen molar-refractivity contribution >= 4 is 34.1 Å². The third-order valence-electron chi connectivity index (χ3n) is 3.23. The van der Waals surface area contributed by atoms with Gasteiger partial charge in [0.1, 0.15) is 5.75 Å². The monoisotopic (exact) mass is 361 g/mol. The minimum absolute atomic E-state index is 0.00407. The van der Waals surface area contributed by atoms with Gasteiger partial charge in [0, 0.05) is 17.4 Å². The normalized spacial score (nSPS) is 10.3. The molecule has 2 rings (SSSR count). The molecule has 0 aliphatic rings. The smallest absolute Gasteiger partial charge is 0.226 e. The van der Waals surface area contributed by atoms with Crippen molar-refractivity contribution < 1.29 is 19.1 Å². The molecule has 0 saturated carbocycles. The molecule has 0 radical (unpaired) electrons. The van der Waals surface area contributed by atoms with Crippen LogP contribution in [0.3, 0.4) is 0 Å². The number of Topliss-reactive ketones (excluding diaryl/α,β-unsaturated/α-hetero) is 1. The van der Waals surface area contributed by atoms with E-state index in [2.05, 4.69) is 10.3 Å². The van der Waals surface area contributed by atoms with Crippen LogP contribution in [-0.4, -0.2) is 29.2 Å². The van der Waals surface area contributed by atoms with E-state index in [1.807, 2.05) is 0 Å². The maximum Gasteiger partial charge on any atom is 0.226 e. The van der Waals surface area contributed by atoms with Gasteiger partial charge in [0.05, 0.1) is 18.7 Å². The predicted octanol–water partition coefficient (Wildman–Crippen LogP) is 2.17. The molecule has 0 aliphatic heterocycles. The van der Waals surface area contributed by atoms with Gasteiger partial charge in [-0.2, -0.15) is 0 Å². The predicted molar refractivity (Wildman–Crippen MR) is 94.8 cm³/mol. The fraction of sp³-hybridized carbons (Fsp3) is 0.294. The number of thiazole rings is 1. The standard InChI is InChI=1S/C17H19N3O4S/c1-11(21)12-4-6-14(7-5-12)24-8-2-3-16(23)20-17-19-13(10-25-17)9-15(18)22/h4-7,10H,2-3,8-9H2,1H3,(H2,18,22)(H,19,20,23). The molecule has 0 atom stereocenters. The van der Waals surface area contributed by atoms with Crippen LogP contribution < -0.4 is 15.8 Å². The molecular weight excluding hydrogens is 342 g/mol. The lowest BCUT2D eigenvalue weighted by Crippen LogP contribution is -2.15. The maximum atomic E-state index is 11.8. The number of ketones is 1. The van der Waals surface area contributed by atoms with Gasteiger partial charge in [0.2, 0.25) is 11.8 Å². The van der Waals surface area contributed by atoms with Gasteiger partial charge >= 0.3 is 0 Å². The van der Waals surface area contributed by atoms with E-state index in [1.165, 1.54) is 18.3 Å². The first-order valence-corrected chi connectivity index (χ1v) is 8.58. The SMILES string of the molecule is CC(=O)c1ccc(OCCCC(=O)Nc2nc(CC(N)=O)cs2)cc1. The summed E-state index contributed by atoms with van der Waals surface area (Å²) in [5, 5.41) is 4.81. The highest BCUT2D eigenvalue weighted by atomic mass is 32.1. The van der Waals surface area contributed by atoms with Crippen LogP contribution in [-0.2, 0) is 16.0 Å². The van der Waals surface area contributed by atoms with Crippen molar-refractivity contribution in [2.75, 3.05) is 11.9 Å². The Hall–Kier alpha value is -2.74. The van der Waals surface area contributed by atoms with Gasteiger partial charge in [-0.25, -0.2) is 4.98 Å². The highest BCUT2D eigenvalue weighted by Crippen LogP contribution is 2.16. The molecule has 2 aromatic rings. The number of carbonyl (C=O) groups is 3. The Kier molecular flexibility index (Phi) is 6.64. The summed E-state index contributed by atoms with van der Waals surface area (Å²) >= 11 is 1.25. The van der Waals surface area contributed by atoms with Crippen molar-refractivity contribution in [1.82, 2.24) is 4.98 Å². The number of carbonyl (C=O) groups excluding carboxylic acids is 3. The Morgan fingerprint density at radius 2 is 1.96 bits per heavy atom. The van der Waals surface area contributed by atoms with E-state index < -0.39 is 5.91 Å². The molecule has 8 heteroatoms. The Bertz CT molecular complexity index is 756. The van der Waals surface area contributed by atoms with Crippen molar-refractivity contribution in [3.8, 4) is 5.75 Å². The van der Waals surface area contributed by atoms with Gasteiger partial charge in [0.15, 0.2) is 10.9 Å². The number of anilines is 1. The summed E-state index contributed by atoms with van der Waals surface area (Å²) in [7, 11) is 0. The molecule has 0 unspecified atom stereocenters. The van der Waals surface area contributed by atoms with E-state index in [9.17, 15) is 14.4 Å². The number of hydrogen-bond acceptors (Lipinski definition) is 6. The van der Waals surface area contributed by atoms with E-state index in [0.717, 1.165) is 0 Å².